The van der Waals surface area contributed by atoms with Gasteiger partial charge in [0.15, 0.2) is 11.6 Å². The molecule has 0 bridgehead atoms. The minimum atomic E-state index is -4.39. The quantitative estimate of drug-likeness (QED) is 0.490. The maximum Gasteiger partial charge on any atom is 0.416 e. The lowest BCUT2D eigenvalue weighted by molar-refractivity contribution is -0.137. The average Bonchev–Trinajstić information content (AvgIpc) is 3.28. The SMILES string of the molecule is COc1ccc(CCc2ncnc(N3CCCC3c3ccc(C(F)(F)F)cc3)c2F)cn1. The van der Waals surface area contributed by atoms with Crippen molar-refractivity contribution in [3.8, 4) is 5.88 Å². The van der Waals surface area contributed by atoms with E-state index in [1.165, 1.54) is 25.6 Å². The first-order chi connectivity index (χ1) is 15.4. The second-order valence-corrected chi connectivity index (χ2v) is 7.64. The van der Waals surface area contributed by atoms with Gasteiger partial charge < -0.3 is 9.64 Å². The van der Waals surface area contributed by atoms with E-state index in [2.05, 4.69) is 15.0 Å². The molecular weight excluding hydrogens is 424 g/mol. The Bertz CT molecular complexity index is 1060. The molecule has 1 saturated heterocycles. The van der Waals surface area contributed by atoms with Crippen molar-refractivity contribution in [1.29, 1.82) is 0 Å². The first kappa shape index (κ1) is 22.0. The summed E-state index contributed by atoms with van der Waals surface area (Å²) in [4.78, 5) is 14.2. The Balaban J connectivity index is 1.52. The highest BCUT2D eigenvalue weighted by atomic mass is 19.4. The van der Waals surface area contributed by atoms with E-state index in [0.29, 0.717) is 42.9 Å². The van der Waals surface area contributed by atoms with Crippen molar-refractivity contribution in [3.05, 3.63) is 77.1 Å². The van der Waals surface area contributed by atoms with Gasteiger partial charge in [0.05, 0.1) is 24.4 Å². The number of aryl methyl sites for hydroxylation is 2. The van der Waals surface area contributed by atoms with Gasteiger partial charge in [0.25, 0.3) is 0 Å². The number of hydrogen-bond acceptors (Lipinski definition) is 5. The fraction of sp³-hybridized carbons (Fsp3) is 0.348. The van der Waals surface area contributed by atoms with Crippen molar-refractivity contribution in [3.63, 3.8) is 0 Å². The molecular formula is C23H22F4N4O. The van der Waals surface area contributed by atoms with Crippen LogP contribution in [0.4, 0.5) is 23.4 Å². The summed E-state index contributed by atoms with van der Waals surface area (Å²) in [5, 5.41) is 0. The van der Waals surface area contributed by atoms with E-state index < -0.39 is 17.6 Å². The second kappa shape index (κ2) is 9.10. The van der Waals surface area contributed by atoms with Gasteiger partial charge in [0, 0.05) is 18.8 Å². The van der Waals surface area contributed by atoms with Crippen LogP contribution in [0.2, 0.25) is 0 Å². The second-order valence-electron chi connectivity index (χ2n) is 7.64. The molecule has 0 saturated carbocycles. The summed E-state index contributed by atoms with van der Waals surface area (Å²) in [5.41, 5.74) is 1.23. The molecule has 1 aliphatic rings. The number of halogens is 4. The van der Waals surface area contributed by atoms with Gasteiger partial charge in [-0.15, -0.1) is 0 Å². The molecule has 4 rings (SSSR count). The van der Waals surface area contributed by atoms with Crippen LogP contribution in [-0.2, 0) is 19.0 Å². The van der Waals surface area contributed by atoms with Gasteiger partial charge in [-0.1, -0.05) is 18.2 Å². The van der Waals surface area contributed by atoms with Gasteiger partial charge in [-0.3, -0.25) is 0 Å². The normalized spacial score (nSPS) is 16.4. The number of nitrogens with zero attached hydrogens (tertiary/aromatic N) is 4. The summed E-state index contributed by atoms with van der Waals surface area (Å²) in [5.74, 6) is 0.200. The molecule has 1 fully saturated rings. The molecule has 9 heteroatoms. The highest BCUT2D eigenvalue weighted by molar-refractivity contribution is 5.46. The topological polar surface area (TPSA) is 51.1 Å². The van der Waals surface area contributed by atoms with Crippen LogP contribution < -0.4 is 9.64 Å². The number of aromatic nitrogens is 3. The number of hydrogen-bond donors (Lipinski definition) is 0. The smallest absolute Gasteiger partial charge is 0.416 e. The molecule has 168 valence electrons. The Labute approximate surface area is 183 Å². The van der Waals surface area contributed by atoms with E-state index >= 15 is 4.39 Å². The van der Waals surface area contributed by atoms with Crippen molar-refractivity contribution in [2.75, 3.05) is 18.6 Å². The van der Waals surface area contributed by atoms with Crippen LogP contribution in [0, 0.1) is 5.82 Å². The van der Waals surface area contributed by atoms with E-state index in [0.717, 1.165) is 24.1 Å². The summed E-state index contributed by atoms with van der Waals surface area (Å²) in [6, 6.07) is 8.43. The molecule has 1 atom stereocenters. The highest BCUT2D eigenvalue weighted by Gasteiger charge is 2.33. The van der Waals surface area contributed by atoms with Crippen molar-refractivity contribution < 1.29 is 22.3 Å². The largest absolute Gasteiger partial charge is 0.481 e. The molecule has 0 aliphatic carbocycles. The van der Waals surface area contributed by atoms with Crippen LogP contribution in [-0.4, -0.2) is 28.6 Å². The molecule has 0 radical (unpaired) electrons. The van der Waals surface area contributed by atoms with Gasteiger partial charge in [0.1, 0.15) is 6.33 Å². The van der Waals surface area contributed by atoms with Crippen molar-refractivity contribution >= 4 is 5.82 Å². The molecule has 1 aromatic carbocycles. The number of methoxy groups -OCH3 is 1. The minimum Gasteiger partial charge on any atom is -0.481 e. The zero-order chi connectivity index (χ0) is 22.7. The third-order valence-corrected chi connectivity index (χ3v) is 5.65. The molecule has 0 amide bonds. The lowest BCUT2D eigenvalue weighted by Crippen LogP contribution is -2.25. The lowest BCUT2D eigenvalue weighted by atomic mass is 10.0. The molecule has 1 unspecified atom stereocenters. The van der Waals surface area contributed by atoms with Crippen molar-refractivity contribution in [2.45, 2.75) is 37.9 Å². The van der Waals surface area contributed by atoms with Crippen LogP contribution in [0.5, 0.6) is 5.88 Å². The molecule has 32 heavy (non-hydrogen) atoms. The summed E-state index contributed by atoms with van der Waals surface area (Å²) in [6.45, 7) is 0.571. The summed E-state index contributed by atoms with van der Waals surface area (Å²) in [6.07, 6.45) is 1.05. The van der Waals surface area contributed by atoms with Crippen LogP contribution in [0.3, 0.4) is 0 Å². The number of benzene rings is 1. The Morgan fingerprint density at radius 1 is 1.03 bits per heavy atom. The van der Waals surface area contributed by atoms with Crippen LogP contribution in [0.25, 0.3) is 0 Å². The Morgan fingerprint density at radius 2 is 1.81 bits per heavy atom. The van der Waals surface area contributed by atoms with E-state index in [-0.39, 0.29) is 11.9 Å². The van der Waals surface area contributed by atoms with Crippen molar-refractivity contribution in [1.82, 2.24) is 15.0 Å². The maximum atomic E-state index is 15.3. The average molecular weight is 446 g/mol. The maximum absolute atomic E-state index is 15.3. The zero-order valence-corrected chi connectivity index (χ0v) is 17.4. The fourth-order valence-electron chi connectivity index (χ4n) is 3.97. The molecule has 3 aromatic rings. The van der Waals surface area contributed by atoms with Gasteiger partial charge in [-0.25, -0.2) is 19.3 Å². The predicted molar refractivity (Wildman–Crippen MR) is 111 cm³/mol. The summed E-state index contributed by atoms with van der Waals surface area (Å²) < 4.78 is 59.0. The standard InChI is InChI=1S/C23H22F4N4O/c1-32-20-11-5-15(13-28-20)4-10-18-21(24)22(30-14-29-18)31-12-2-3-19(31)16-6-8-17(9-7-16)23(25,26)27/h5-9,11,13-14,19H,2-4,10,12H2,1H3. The number of ether oxygens (including phenoxy) is 1. The fourth-order valence-corrected chi connectivity index (χ4v) is 3.97. The molecule has 3 heterocycles. The predicted octanol–water partition coefficient (Wildman–Crippen LogP) is 5.16. The Morgan fingerprint density at radius 3 is 2.47 bits per heavy atom. The minimum absolute atomic E-state index is 0.185. The first-order valence-electron chi connectivity index (χ1n) is 10.3. The number of anilines is 1. The Kier molecular flexibility index (Phi) is 6.25. The zero-order valence-electron chi connectivity index (χ0n) is 17.4. The van der Waals surface area contributed by atoms with Gasteiger partial charge in [0.2, 0.25) is 5.88 Å². The van der Waals surface area contributed by atoms with Crippen LogP contribution >= 0.6 is 0 Å². The van der Waals surface area contributed by atoms with Crippen LogP contribution in [0.15, 0.2) is 48.9 Å². The molecule has 2 aromatic heterocycles. The number of alkyl halides is 3. The molecule has 5 nitrogen and oxygen atoms in total. The van der Waals surface area contributed by atoms with Gasteiger partial charge >= 0.3 is 6.18 Å². The summed E-state index contributed by atoms with van der Waals surface area (Å²) in [7, 11) is 1.54. The van der Waals surface area contributed by atoms with Gasteiger partial charge in [-0.2, -0.15) is 13.2 Å². The summed E-state index contributed by atoms with van der Waals surface area (Å²) >= 11 is 0. The molecule has 0 N–H and O–H groups in total. The van der Waals surface area contributed by atoms with E-state index in [1.54, 1.807) is 12.3 Å². The van der Waals surface area contributed by atoms with Crippen molar-refractivity contribution in [2.24, 2.45) is 0 Å². The number of pyridine rings is 1. The van der Waals surface area contributed by atoms with E-state index in [1.807, 2.05) is 11.0 Å². The van der Waals surface area contributed by atoms with Crippen LogP contribution in [0.1, 0.15) is 41.3 Å². The third kappa shape index (κ3) is 4.66. The van der Waals surface area contributed by atoms with E-state index in [4.69, 9.17) is 4.74 Å². The highest BCUT2D eigenvalue weighted by Crippen LogP contribution is 2.38. The monoisotopic (exact) mass is 446 g/mol. The van der Waals surface area contributed by atoms with E-state index in [9.17, 15) is 13.2 Å². The lowest BCUT2D eigenvalue weighted by Gasteiger charge is -2.27. The molecule has 0 spiro atoms. The van der Waals surface area contributed by atoms with Gasteiger partial charge in [-0.05, 0) is 48.9 Å². The number of rotatable bonds is 6. The third-order valence-electron chi connectivity index (χ3n) is 5.65. The Hall–Kier alpha value is -3.23. The first-order valence-corrected chi connectivity index (χ1v) is 10.3. The molecule has 1 aliphatic heterocycles.